The van der Waals surface area contributed by atoms with Crippen molar-refractivity contribution in [3.05, 3.63) is 35.9 Å². The van der Waals surface area contributed by atoms with Gasteiger partial charge in [0.05, 0.1) is 25.0 Å². The van der Waals surface area contributed by atoms with Gasteiger partial charge in [-0.3, -0.25) is 4.79 Å². The molecule has 1 rings (SSSR count). The van der Waals surface area contributed by atoms with Gasteiger partial charge >= 0.3 is 5.97 Å². The Bertz CT molecular complexity index is 354. The first kappa shape index (κ1) is 11.3. The molecule has 0 fully saturated rings. The van der Waals surface area contributed by atoms with Crippen LogP contribution in [0.2, 0.25) is 0 Å². The van der Waals surface area contributed by atoms with Crippen LogP contribution in [0.4, 0.5) is 0 Å². The zero-order valence-electron chi connectivity index (χ0n) is 8.64. The number of hydrogen-bond acceptors (Lipinski definition) is 3. The number of carbonyl (C=O) groups excluding carboxylic acids is 1. The van der Waals surface area contributed by atoms with Gasteiger partial charge in [0, 0.05) is 0 Å². The first-order valence-corrected chi connectivity index (χ1v) is 4.88. The van der Waals surface area contributed by atoms with Gasteiger partial charge in [-0.2, -0.15) is 5.26 Å². The van der Waals surface area contributed by atoms with Gasteiger partial charge < -0.3 is 4.74 Å². The lowest BCUT2D eigenvalue weighted by atomic mass is 9.97. The Hall–Kier alpha value is -1.82. The summed E-state index contributed by atoms with van der Waals surface area (Å²) in [6.07, 6.45) is 0.119. The van der Waals surface area contributed by atoms with E-state index >= 15 is 0 Å². The summed E-state index contributed by atoms with van der Waals surface area (Å²) in [4.78, 5) is 11.2. The highest BCUT2D eigenvalue weighted by Gasteiger charge is 2.15. The summed E-state index contributed by atoms with van der Waals surface area (Å²) in [5.74, 6) is -0.738. The van der Waals surface area contributed by atoms with E-state index in [0.717, 1.165) is 5.56 Å². The van der Waals surface area contributed by atoms with Crippen LogP contribution in [0.1, 0.15) is 24.8 Å². The number of hydrogen-bond donors (Lipinski definition) is 0. The third-order valence-electron chi connectivity index (χ3n) is 2.03. The lowest BCUT2D eigenvalue weighted by Gasteiger charge is -2.08. The largest absolute Gasteiger partial charge is 0.466 e. The van der Waals surface area contributed by atoms with Gasteiger partial charge in [-0.15, -0.1) is 0 Å². The second-order valence-electron chi connectivity index (χ2n) is 3.10. The molecule has 0 heterocycles. The third kappa shape index (κ3) is 3.43. The Morgan fingerprint density at radius 2 is 2.13 bits per heavy atom. The Morgan fingerprint density at radius 1 is 1.47 bits per heavy atom. The molecular weight excluding hydrogens is 190 g/mol. The van der Waals surface area contributed by atoms with Crippen molar-refractivity contribution in [2.45, 2.75) is 19.3 Å². The molecule has 1 aromatic rings. The molecule has 0 radical (unpaired) electrons. The second kappa shape index (κ2) is 5.82. The van der Waals surface area contributed by atoms with Crippen LogP contribution in [0.15, 0.2) is 30.3 Å². The van der Waals surface area contributed by atoms with Crippen LogP contribution in [0.25, 0.3) is 0 Å². The molecule has 1 aromatic carbocycles. The summed E-state index contributed by atoms with van der Waals surface area (Å²) in [6.45, 7) is 2.10. The summed E-state index contributed by atoms with van der Waals surface area (Å²) in [6, 6.07) is 11.4. The van der Waals surface area contributed by atoms with Crippen molar-refractivity contribution in [1.29, 1.82) is 5.26 Å². The molecule has 3 nitrogen and oxygen atoms in total. The quantitative estimate of drug-likeness (QED) is 0.705. The first-order chi connectivity index (χ1) is 7.27. The van der Waals surface area contributed by atoms with Crippen molar-refractivity contribution < 1.29 is 9.53 Å². The van der Waals surface area contributed by atoms with E-state index in [4.69, 9.17) is 10.00 Å². The molecule has 0 saturated carbocycles. The SMILES string of the molecule is CCOC(=O)C[C@H](C#N)c1ccccc1. The minimum Gasteiger partial charge on any atom is -0.466 e. The highest BCUT2D eigenvalue weighted by molar-refractivity contribution is 5.71. The number of nitrogens with zero attached hydrogens (tertiary/aromatic N) is 1. The highest BCUT2D eigenvalue weighted by atomic mass is 16.5. The van der Waals surface area contributed by atoms with Crippen molar-refractivity contribution >= 4 is 5.97 Å². The monoisotopic (exact) mass is 203 g/mol. The molecule has 0 aliphatic heterocycles. The molecule has 0 spiro atoms. The molecule has 0 aromatic heterocycles. The number of benzene rings is 1. The number of esters is 1. The van der Waals surface area contributed by atoms with Gasteiger partial charge in [0.2, 0.25) is 0 Å². The third-order valence-corrected chi connectivity index (χ3v) is 2.03. The van der Waals surface area contributed by atoms with Gasteiger partial charge in [0.15, 0.2) is 0 Å². The van der Waals surface area contributed by atoms with Crippen LogP contribution in [-0.4, -0.2) is 12.6 Å². The predicted octanol–water partition coefficient (Wildman–Crippen LogP) is 2.25. The zero-order chi connectivity index (χ0) is 11.1. The molecule has 78 valence electrons. The van der Waals surface area contributed by atoms with Crippen LogP contribution in [-0.2, 0) is 9.53 Å². The fraction of sp³-hybridized carbons (Fsp3) is 0.333. The number of rotatable bonds is 4. The van der Waals surface area contributed by atoms with E-state index in [2.05, 4.69) is 6.07 Å². The molecular formula is C12H13NO2. The smallest absolute Gasteiger partial charge is 0.307 e. The molecule has 0 unspecified atom stereocenters. The van der Waals surface area contributed by atoms with Gasteiger partial charge in [-0.05, 0) is 12.5 Å². The average molecular weight is 203 g/mol. The van der Waals surface area contributed by atoms with Crippen LogP contribution >= 0.6 is 0 Å². The minimum atomic E-state index is -0.412. The summed E-state index contributed by atoms with van der Waals surface area (Å²) in [7, 11) is 0. The van der Waals surface area contributed by atoms with Crippen molar-refractivity contribution in [2.24, 2.45) is 0 Å². The Labute approximate surface area is 89.3 Å². The molecule has 15 heavy (non-hydrogen) atoms. The normalized spacial score (nSPS) is 11.5. The van der Waals surface area contributed by atoms with Gasteiger partial charge in [-0.1, -0.05) is 30.3 Å². The van der Waals surface area contributed by atoms with Crippen molar-refractivity contribution in [1.82, 2.24) is 0 Å². The lowest BCUT2D eigenvalue weighted by Crippen LogP contribution is -2.09. The van der Waals surface area contributed by atoms with E-state index in [9.17, 15) is 4.79 Å². The summed E-state index contributed by atoms with van der Waals surface area (Å²) >= 11 is 0. The van der Waals surface area contributed by atoms with Crippen molar-refractivity contribution in [3.63, 3.8) is 0 Å². The van der Waals surface area contributed by atoms with E-state index in [1.807, 2.05) is 30.3 Å². The van der Waals surface area contributed by atoms with E-state index in [-0.39, 0.29) is 12.4 Å². The van der Waals surface area contributed by atoms with Crippen LogP contribution in [0, 0.1) is 11.3 Å². The Kier molecular flexibility index (Phi) is 4.36. The minimum absolute atomic E-state index is 0.119. The molecule has 0 aliphatic carbocycles. The van der Waals surface area contributed by atoms with Crippen molar-refractivity contribution in [3.8, 4) is 6.07 Å². The first-order valence-electron chi connectivity index (χ1n) is 4.88. The van der Waals surface area contributed by atoms with E-state index in [1.54, 1.807) is 6.92 Å². The van der Waals surface area contributed by atoms with Gasteiger partial charge in [-0.25, -0.2) is 0 Å². The van der Waals surface area contributed by atoms with Crippen LogP contribution < -0.4 is 0 Å². The fourth-order valence-corrected chi connectivity index (χ4v) is 1.31. The molecule has 0 N–H and O–H groups in total. The summed E-state index contributed by atoms with van der Waals surface area (Å²) in [5.41, 5.74) is 0.855. The van der Waals surface area contributed by atoms with E-state index < -0.39 is 5.92 Å². The maximum absolute atomic E-state index is 11.2. The lowest BCUT2D eigenvalue weighted by molar-refractivity contribution is -0.143. The van der Waals surface area contributed by atoms with E-state index in [1.165, 1.54) is 0 Å². The molecule has 0 amide bonds. The average Bonchev–Trinajstić information content (AvgIpc) is 2.27. The maximum atomic E-state index is 11.2. The maximum Gasteiger partial charge on any atom is 0.307 e. The fourth-order valence-electron chi connectivity index (χ4n) is 1.31. The van der Waals surface area contributed by atoms with Gasteiger partial charge in [0.1, 0.15) is 0 Å². The number of nitriles is 1. The topological polar surface area (TPSA) is 50.1 Å². The van der Waals surface area contributed by atoms with Crippen LogP contribution in [0.5, 0.6) is 0 Å². The zero-order valence-corrected chi connectivity index (χ0v) is 8.64. The summed E-state index contributed by atoms with van der Waals surface area (Å²) < 4.78 is 4.81. The second-order valence-corrected chi connectivity index (χ2v) is 3.10. The van der Waals surface area contributed by atoms with Crippen molar-refractivity contribution in [2.75, 3.05) is 6.61 Å². The Morgan fingerprint density at radius 3 is 2.67 bits per heavy atom. The molecule has 0 aliphatic rings. The standard InChI is InChI=1S/C12H13NO2/c1-2-15-12(14)8-11(9-13)10-6-4-3-5-7-10/h3-7,11H,2,8H2,1H3/t11-/m1/s1. The molecule has 3 heteroatoms. The molecule has 0 bridgehead atoms. The van der Waals surface area contributed by atoms with Gasteiger partial charge in [0.25, 0.3) is 0 Å². The summed E-state index contributed by atoms with van der Waals surface area (Å²) in [5, 5.41) is 8.94. The number of carbonyl (C=O) groups is 1. The van der Waals surface area contributed by atoms with E-state index in [0.29, 0.717) is 6.61 Å². The molecule has 1 atom stereocenters. The Balaban J connectivity index is 2.66. The molecule has 0 saturated heterocycles. The highest BCUT2D eigenvalue weighted by Crippen LogP contribution is 2.18. The van der Waals surface area contributed by atoms with Crippen LogP contribution in [0.3, 0.4) is 0 Å². The predicted molar refractivity (Wildman–Crippen MR) is 56.0 cm³/mol. The number of ether oxygens (including phenoxy) is 1.